The van der Waals surface area contributed by atoms with Crippen LogP contribution in [-0.2, 0) is 0 Å². The van der Waals surface area contributed by atoms with Crippen LogP contribution in [0.5, 0.6) is 0 Å². The Morgan fingerprint density at radius 1 is 1.00 bits per heavy atom. The largest absolute Gasteiger partial charge is 0.352 e. The van der Waals surface area contributed by atoms with Gasteiger partial charge in [0.15, 0.2) is 0 Å². The first-order chi connectivity index (χ1) is 12.0. The minimum atomic E-state index is -0.273. The Bertz CT molecular complexity index is 736. The number of aromatic nitrogens is 1. The summed E-state index contributed by atoms with van der Waals surface area (Å²) in [6.07, 6.45) is 6.08. The van der Waals surface area contributed by atoms with Crippen LogP contribution in [0.15, 0.2) is 36.7 Å². The van der Waals surface area contributed by atoms with E-state index in [0.29, 0.717) is 17.7 Å². The first-order valence-electron chi connectivity index (χ1n) is 8.63. The second-order valence-electron chi connectivity index (χ2n) is 6.15. The van der Waals surface area contributed by atoms with Crippen molar-refractivity contribution in [1.29, 1.82) is 0 Å². The van der Waals surface area contributed by atoms with Gasteiger partial charge in [-0.3, -0.25) is 14.6 Å². The Kier molecular flexibility index (Phi) is 6.69. The Hall–Kier alpha value is -2.69. The Morgan fingerprint density at radius 3 is 2.28 bits per heavy atom. The molecule has 0 radical (unpaired) electrons. The third-order valence-corrected chi connectivity index (χ3v) is 4.05. The van der Waals surface area contributed by atoms with E-state index >= 15 is 0 Å². The summed E-state index contributed by atoms with van der Waals surface area (Å²) in [6, 6.07) is 7.42. The second kappa shape index (κ2) is 8.97. The highest BCUT2D eigenvalue weighted by Crippen LogP contribution is 2.20. The van der Waals surface area contributed by atoms with Crippen LogP contribution in [0.25, 0.3) is 0 Å². The summed E-state index contributed by atoms with van der Waals surface area (Å²) >= 11 is 0. The molecule has 0 atom stereocenters. The number of rotatable bonds is 7. The third-order valence-electron chi connectivity index (χ3n) is 4.05. The molecule has 0 unspecified atom stereocenters. The maximum Gasteiger partial charge on any atom is 0.257 e. The molecule has 2 N–H and O–H groups in total. The summed E-state index contributed by atoms with van der Waals surface area (Å²) in [5, 5.41) is 5.77. The summed E-state index contributed by atoms with van der Waals surface area (Å²) in [4.78, 5) is 28.7. The number of unbranched alkanes of at least 4 members (excludes halogenated alkanes) is 2. The van der Waals surface area contributed by atoms with Crippen molar-refractivity contribution in [2.24, 2.45) is 0 Å². The van der Waals surface area contributed by atoms with Crippen LogP contribution >= 0.6 is 0 Å². The van der Waals surface area contributed by atoms with Crippen molar-refractivity contribution in [1.82, 2.24) is 10.3 Å². The lowest BCUT2D eigenvalue weighted by Gasteiger charge is -2.12. The van der Waals surface area contributed by atoms with E-state index < -0.39 is 0 Å². The number of benzene rings is 1. The van der Waals surface area contributed by atoms with Crippen LogP contribution < -0.4 is 10.6 Å². The fourth-order valence-corrected chi connectivity index (χ4v) is 2.56. The number of carbonyl (C=O) groups is 2. The molecule has 0 saturated heterocycles. The zero-order valence-electron chi connectivity index (χ0n) is 15.1. The van der Waals surface area contributed by atoms with Crippen molar-refractivity contribution < 1.29 is 9.59 Å². The molecular weight excluding hydrogens is 314 g/mol. The van der Waals surface area contributed by atoms with Crippen molar-refractivity contribution in [3.8, 4) is 0 Å². The van der Waals surface area contributed by atoms with Crippen LogP contribution in [0, 0.1) is 13.8 Å². The summed E-state index contributed by atoms with van der Waals surface area (Å²) in [6.45, 7) is 6.64. The number of pyridine rings is 1. The van der Waals surface area contributed by atoms with Crippen LogP contribution in [-0.4, -0.2) is 23.3 Å². The number of carbonyl (C=O) groups excluding carboxylic acids is 2. The number of nitrogens with zero attached hydrogens (tertiary/aromatic N) is 1. The van der Waals surface area contributed by atoms with Gasteiger partial charge in [0.05, 0.1) is 11.1 Å². The van der Waals surface area contributed by atoms with Gasteiger partial charge in [0.1, 0.15) is 0 Å². The molecule has 0 aliphatic rings. The van der Waals surface area contributed by atoms with Gasteiger partial charge in [-0.2, -0.15) is 0 Å². The molecule has 2 aromatic rings. The average Bonchev–Trinajstić information content (AvgIpc) is 2.61. The van der Waals surface area contributed by atoms with Crippen molar-refractivity contribution >= 4 is 17.5 Å². The lowest BCUT2D eigenvalue weighted by atomic mass is 10.1. The highest BCUT2D eigenvalue weighted by Gasteiger charge is 2.13. The van der Waals surface area contributed by atoms with Gasteiger partial charge in [-0.25, -0.2) is 0 Å². The van der Waals surface area contributed by atoms with Gasteiger partial charge in [-0.05, 0) is 37.5 Å². The SMILES string of the molecule is CCCCCNC(=O)c1cncc(C(=O)Nc2c(C)cccc2C)c1. The van der Waals surface area contributed by atoms with E-state index in [4.69, 9.17) is 0 Å². The molecule has 1 aromatic carbocycles. The maximum absolute atomic E-state index is 12.5. The van der Waals surface area contributed by atoms with Crippen molar-refractivity contribution in [2.75, 3.05) is 11.9 Å². The Labute approximate surface area is 148 Å². The van der Waals surface area contributed by atoms with Crippen LogP contribution in [0.2, 0.25) is 0 Å². The number of para-hydroxylation sites is 1. The highest BCUT2D eigenvalue weighted by atomic mass is 16.2. The zero-order valence-corrected chi connectivity index (χ0v) is 15.1. The van der Waals surface area contributed by atoms with Gasteiger partial charge in [0.25, 0.3) is 11.8 Å². The van der Waals surface area contributed by atoms with E-state index in [-0.39, 0.29) is 11.8 Å². The molecule has 2 amide bonds. The van der Waals surface area contributed by atoms with E-state index in [1.165, 1.54) is 12.4 Å². The van der Waals surface area contributed by atoms with E-state index in [9.17, 15) is 9.59 Å². The van der Waals surface area contributed by atoms with Gasteiger partial charge >= 0.3 is 0 Å². The van der Waals surface area contributed by atoms with Gasteiger partial charge in [0.2, 0.25) is 0 Å². The molecular formula is C20H25N3O2. The molecule has 1 aromatic heterocycles. The minimum absolute atomic E-state index is 0.203. The molecule has 0 fully saturated rings. The van der Waals surface area contributed by atoms with E-state index in [2.05, 4.69) is 22.5 Å². The molecule has 0 spiro atoms. The average molecular weight is 339 g/mol. The molecule has 0 bridgehead atoms. The lowest BCUT2D eigenvalue weighted by Crippen LogP contribution is -2.25. The summed E-state index contributed by atoms with van der Waals surface area (Å²) < 4.78 is 0. The molecule has 5 heteroatoms. The number of aryl methyl sites for hydroxylation is 2. The molecule has 1 heterocycles. The fraction of sp³-hybridized carbons (Fsp3) is 0.350. The molecule has 0 aliphatic carbocycles. The van der Waals surface area contributed by atoms with Crippen LogP contribution in [0.1, 0.15) is 58.0 Å². The molecule has 5 nitrogen and oxygen atoms in total. The smallest absolute Gasteiger partial charge is 0.257 e. The van der Waals surface area contributed by atoms with Crippen molar-refractivity contribution in [3.63, 3.8) is 0 Å². The first kappa shape index (κ1) is 18.6. The molecule has 2 rings (SSSR count). The van der Waals surface area contributed by atoms with Gasteiger partial charge in [0, 0.05) is 24.6 Å². The van der Waals surface area contributed by atoms with Crippen molar-refractivity contribution in [3.05, 3.63) is 58.9 Å². The number of hydrogen-bond donors (Lipinski definition) is 2. The quantitative estimate of drug-likeness (QED) is 0.752. The Balaban J connectivity index is 2.07. The summed E-state index contributed by atoms with van der Waals surface area (Å²) in [5.74, 6) is -0.476. The highest BCUT2D eigenvalue weighted by molar-refractivity contribution is 6.06. The van der Waals surface area contributed by atoms with Crippen molar-refractivity contribution in [2.45, 2.75) is 40.0 Å². The topological polar surface area (TPSA) is 71.1 Å². The van der Waals surface area contributed by atoms with E-state index in [1.807, 2.05) is 32.0 Å². The Morgan fingerprint density at radius 2 is 1.64 bits per heavy atom. The number of hydrogen-bond acceptors (Lipinski definition) is 3. The third kappa shape index (κ3) is 5.14. The van der Waals surface area contributed by atoms with Crippen LogP contribution in [0.4, 0.5) is 5.69 Å². The predicted molar refractivity (Wildman–Crippen MR) is 100.0 cm³/mol. The predicted octanol–water partition coefficient (Wildman–Crippen LogP) is 3.87. The molecule has 0 saturated carbocycles. The van der Waals surface area contributed by atoms with Gasteiger partial charge in [-0.1, -0.05) is 38.0 Å². The lowest BCUT2D eigenvalue weighted by molar-refractivity contribution is 0.0952. The van der Waals surface area contributed by atoms with Crippen LogP contribution in [0.3, 0.4) is 0 Å². The zero-order chi connectivity index (χ0) is 18.2. The number of anilines is 1. The number of nitrogens with one attached hydrogen (secondary N) is 2. The normalized spacial score (nSPS) is 10.4. The maximum atomic E-state index is 12.5. The monoisotopic (exact) mass is 339 g/mol. The fourth-order valence-electron chi connectivity index (χ4n) is 2.56. The van der Waals surface area contributed by atoms with E-state index in [1.54, 1.807) is 6.07 Å². The van der Waals surface area contributed by atoms with Gasteiger partial charge < -0.3 is 10.6 Å². The minimum Gasteiger partial charge on any atom is -0.352 e. The molecule has 25 heavy (non-hydrogen) atoms. The molecule has 0 aliphatic heterocycles. The summed E-state index contributed by atoms with van der Waals surface area (Å²) in [7, 11) is 0. The standard InChI is InChI=1S/C20H25N3O2/c1-4-5-6-10-22-19(24)16-11-17(13-21-12-16)20(25)23-18-14(2)8-7-9-15(18)3/h7-9,11-13H,4-6,10H2,1-3H3,(H,22,24)(H,23,25). The summed E-state index contributed by atoms with van der Waals surface area (Å²) in [5.41, 5.74) is 3.54. The molecule has 132 valence electrons. The number of amides is 2. The second-order valence-corrected chi connectivity index (χ2v) is 6.15. The first-order valence-corrected chi connectivity index (χ1v) is 8.63. The van der Waals surface area contributed by atoms with Gasteiger partial charge in [-0.15, -0.1) is 0 Å². The van der Waals surface area contributed by atoms with E-state index in [0.717, 1.165) is 36.1 Å².